The third-order valence-electron chi connectivity index (χ3n) is 4.77. The summed E-state index contributed by atoms with van der Waals surface area (Å²) in [6.07, 6.45) is 4.99. The maximum absolute atomic E-state index is 6.36. The van der Waals surface area contributed by atoms with E-state index in [0.29, 0.717) is 17.1 Å². The molecule has 3 unspecified atom stereocenters. The van der Waals surface area contributed by atoms with Gasteiger partial charge in [-0.2, -0.15) is 0 Å². The summed E-state index contributed by atoms with van der Waals surface area (Å²) in [5, 5.41) is 5.33. The van der Waals surface area contributed by atoms with Crippen LogP contribution in [0.4, 0.5) is 0 Å². The molecule has 4 heteroatoms. The Morgan fingerprint density at radius 2 is 2.15 bits per heavy atom. The topological polar surface area (TPSA) is 15.3 Å². The molecule has 0 radical (unpaired) electrons. The highest BCUT2D eigenvalue weighted by Gasteiger charge is 2.37. The minimum atomic E-state index is 0.324. The number of benzene rings is 1. The van der Waals surface area contributed by atoms with Gasteiger partial charge in [0, 0.05) is 34.7 Å². The Bertz CT molecular complexity index is 478. The van der Waals surface area contributed by atoms with Gasteiger partial charge in [0.2, 0.25) is 0 Å². The molecule has 0 aromatic heterocycles. The second-order valence-corrected chi connectivity index (χ2v) is 6.78. The minimum Gasteiger partial charge on any atom is -0.306 e. The van der Waals surface area contributed by atoms with Crippen molar-refractivity contribution in [1.82, 2.24) is 10.2 Å². The van der Waals surface area contributed by atoms with Crippen molar-refractivity contribution in [2.45, 2.75) is 50.7 Å². The fraction of sp³-hybridized carbons (Fsp3) is 0.625. The van der Waals surface area contributed by atoms with E-state index in [0.717, 1.165) is 17.5 Å². The van der Waals surface area contributed by atoms with Gasteiger partial charge in [0.25, 0.3) is 0 Å². The number of hydrogen-bond acceptors (Lipinski definition) is 2. The van der Waals surface area contributed by atoms with E-state index in [1.165, 1.54) is 37.9 Å². The molecule has 3 atom stereocenters. The summed E-state index contributed by atoms with van der Waals surface area (Å²) in [5.74, 6) is 0. The average Bonchev–Trinajstić information content (AvgIpc) is 3.01. The van der Waals surface area contributed by atoms with E-state index in [2.05, 4.69) is 23.2 Å². The molecule has 2 fully saturated rings. The Balaban J connectivity index is 1.73. The molecule has 2 aliphatic rings. The van der Waals surface area contributed by atoms with E-state index in [-0.39, 0.29) is 0 Å². The molecular weight excluding hydrogens is 291 g/mol. The minimum absolute atomic E-state index is 0.324. The quantitative estimate of drug-likeness (QED) is 0.893. The highest BCUT2D eigenvalue weighted by Crippen LogP contribution is 2.32. The van der Waals surface area contributed by atoms with Crippen LogP contribution in [0.5, 0.6) is 0 Å². The zero-order chi connectivity index (χ0) is 14.1. The Morgan fingerprint density at radius 1 is 1.30 bits per heavy atom. The lowest BCUT2D eigenvalue weighted by molar-refractivity contribution is 0.287. The molecule has 2 heterocycles. The molecule has 2 nitrogen and oxygen atoms in total. The summed E-state index contributed by atoms with van der Waals surface area (Å²) in [6, 6.07) is 7.51. The maximum Gasteiger partial charge on any atom is 0.0468 e. The third-order valence-corrected chi connectivity index (χ3v) is 5.33. The molecule has 20 heavy (non-hydrogen) atoms. The number of halogens is 2. The summed E-state index contributed by atoms with van der Waals surface area (Å²) in [5.41, 5.74) is 1.18. The van der Waals surface area contributed by atoms with Crippen molar-refractivity contribution in [3.8, 4) is 0 Å². The maximum atomic E-state index is 6.36. The first-order valence-electron chi connectivity index (χ1n) is 7.64. The van der Waals surface area contributed by atoms with Crippen LogP contribution in [0.2, 0.25) is 10.0 Å². The van der Waals surface area contributed by atoms with E-state index >= 15 is 0 Å². The number of nitrogens with one attached hydrogen (secondary N) is 1. The van der Waals surface area contributed by atoms with Gasteiger partial charge in [0.1, 0.15) is 0 Å². The van der Waals surface area contributed by atoms with Crippen LogP contribution in [-0.2, 0) is 0 Å². The molecule has 1 N–H and O–H groups in total. The smallest absolute Gasteiger partial charge is 0.0468 e. The molecule has 0 bridgehead atoms. The van der Waals surface area contributed by atoms with Gasteiger partial charge in [0.05, 0.1) is 0 Å². The van der Waals surface area contributed by atoms with Gasteiger partial charge in [-0.05, 0) is 49.9 Å². The Labute approximate surface area is 131 Å². The van der Waals surface area contributed by atoms with Gasteiger partial charge >= 0.3 is 0 Å². The van der Waals surface area contributed by atoms with Crippen molar-refractivity contribution < 1.29 is 0 Å². The van der Waals surface area contributed by atoms with Crippen molar-refractivity contribution in [2.24, 2.45) is 0 Å². The summed E-state index contributed by atoms with van der Waals surface area (Å²) >= 11 is 12.4. The van der Waals surface area contributed by atoms with Crippen molar-refractivity contribution in [2.75, 3.05) is 13.1 Å². The zero-order valence-corrected chi connectivity index (χ0v) is 13.4. The van der Waals surface area contributed by atoms with E-state index in [1.54, 1.807) is 0 Å². The Morgan fingerprint density at radius 3 is 2.90 bits per heavy atom. The molecule has 1 aromatic carbocycles. The molecule has 0 saturated carbocycles. The first-order chi connectivity index (χ1) is 9.69. The lowest BCUT2D eigenvalue weighted by Crippen LogP contribution is -2.41. The largest absolute Gasteiger partial charge is 0.306 e. The van der Waals surface area contributed by atoms with Crippen LogP contribution in [-0.4, -0.2) is 30.1 Å². The summed E-state index contributed by atoms with van der Waals surface area (Å²) in [4.78, 5) is 2.63. The lowest BCUT2D eigenvalue weighted by atomic mass is 10.00. The Kier molecular flexibility index (Phi) is 4.56. The van der Waals surface area contributed by atoms with Crippen LogP contribution in [0.15, 0.2) is 18.2 Å². The van der Waals surface area contributed by atoms with Gasteiger partial charge in [0.15, 0.2) is 0 Å². The van der Waals surface area contributed by atoms with E-state index in [9.17, 15) is 0 Å². The van der Waals surface area contributed by atoms with E-state index in [1.807, 2.05) is 12.1 Å². The molecule has 110 valence electrons. The summed E-state index contributed by atoms with van der Waals surface area (Å²) < 4.78 is 0. The first kappa shape index (κ1) is 14.6. The molecule has 1 aromatic rings. The highest BCUT2D eigenvalue weighted by atomic mass is 35.5. The van der Waals surface area contributed by atoms with Crippen molar-refractivity contribution in [1.29, 1.82) is 0 Å². The zero-order valence-electron chi connectivity index (χ0n) is 11.9. The van der Waals surface area contributed by atoms with Crippen molar-refractivity contribution >= 4 is 23.2 Å². The molecule has 0 amide bonds. The van der Waals surface area contributed by atoms with Crippen LogP contribution in [0.25, 0.3) is 0 Å². The van der Waals surface area contributed by atoms with Gasteiger partial charge in [-0.3, -0.25) is 4.90 Å². The summed E-state index contributed by atoms with van der Waals surface area (Å²) in [7, 11) is 0. The van der Waals surface area contributed by atoms with Crippen LogP contribution in [0.3, 0.4) is 0 Å². The fourth-order valence-electron chi connectivity index (χ4n) is 3.75. The SMILES string of the molecule is CCC(NC1CCN2CCCC12)c1ccc(Cl)cc1Cl. The number of rotatable bonds is 4. The molecule has 2 aliphatic heterocycles. The van der Waals surface area contributed by atoms with Gasteiger partial charge < -0.3 is 5.32 Å². The predicted octanol–water partition coefficient (Wildman–Crippen LogP) is 4.27. The monoisotopic (exact) mass is 312 g/mol. The standard InChI is InChI=1S/C16H22Cl2N2/c1-2-14(12-6-5-11(17)10-13(12)18)19-15-7-9-20-8-3-4-16(15)20/h5-6,10,14-16,19H,2-4,7-9H2,1H3. The second kappa shape index (κ2) is 6.23. The molecule has 0 aliphatic carbocycles. The number of hydrogen-bond donors (Lipinski definition) is 1. The Hall–Kier alpha value is -0.280. The normalized spacial score (nSPS) is 27.8. The fourth-order valence-corrected chi connectivity index (χ4v) is 4.29. The summed E-state index contributed by atoms with van der Waals surface area (Å²) in [6.45, 7) is 4.73. The van der Waals surface area contributed by atoms with Crippen molar-refractivity contribution in [3.63, 3.8) is 0 Å². The van der Waals surface area contributed by atoms with E-state index < -0.39 is 0 Å². The van der Waals surface area contributed by atoms with Crippen LogP contribution >= 0.6 is 23.2 Å². The molecular formula is C16H22Cl2N2. The lowest BCUT2D eigenvalue weighted by Gasteiger charge is -2.27. The van der Waals surface area contributed by atoms with Crippen molar-refractivity contribution in [3.05, 3.63) is 33.8 Å². The predicted molar refractivity (Wildman–Crippen MR) is 85.6 cm³/mol. The van der Waals surface area contributed by atoms with E-state index in [4.69, 9.17) is 23.2 Å². The third kappa shape index (κ3) is 2.85. The van der Waals surface area contributed by atoms with Crippen LogP contribution < -0.4 is 5.32 Å². The van der Waals surface area contributed by atoms with Gasteiger partial charge in [-0.15, -0.1) is 0 Å². The molecule has 0 spiro atoms. The molecule has 3 rings (SSSR count). The van der Waals surface area contributed by atoms with Gasteiger partial charge in [-0.25, -0.2) is 0 Å². The average molecular weight is 313 g/mol. The molecule has 2 saturated heterocycles. The van der Waals surface area contributed by atoms with Crippen LogP contribution in [0, 0.1) is 0 Å². The number of fused-ring (bicyclic) bond motifs is 1. The van der Waals surface area contributed by atoms with Gasteiger partial charge in [-0.1, -0.05) is 36.2 Å². The second-order valence-electron chi connectivity index (χ2n) is 5.93. The highest BCUT2D eigenvalue weighted by molar-refractivity contribution is 6.35. The van der Waals surface area contributed by atoms with Crippen LogP contribution in [0.1, 0.15) is 44.2 Å². The number of nitrogens with zero attached hydrogens (tertiary/aromatic N) is 1. The first-order valence-corrected chi connectivity index (χ1v) is 8.39.